The Morgan fingerprint density at radius 3 is 2.57 bits per heavy atom. The first-order valence-electron chi connectivity index (χ1n) is 4.65. The van der Waals surface area contributed by atoms with Crippen molar-refractivity contribution in [2.75, 3.05) is 39.0 Å². The molecule has 0 aromatic carbocycles. The zero-order chi connectivity index (χ0) is 10.6. The fraction of sp³-hybridized carbons (Fsp3) is 0.778. The molecular weight excluding hydrogens is 200 g/mol. The van der Waals surface area contributed by atoms with Crippen molar-refractivity contribution >= 4 is 10.0 Å². The molecule has 0 amide bonds. The molecule has 1 aliphatic heterocycles. The van der Waals surface area contributed by atoms with Gasteiger partial charge in [-0.1, -0.05) is 5.92 Å². The standard InChI is InChI=1S/C9H16N2O2S/c1-3-5-10-6-4-7-11(9-8-10)14(2,12)13/h1H,4-9H2,2H3. The van der Waals surface area contributed by atoms with Gasteiger partial charge in [0.05, 0.1) is 12.8 Å². The van der Waals surface area contributed by atoms with E-state index in [9.17, 15) is 8.42 Å². The fourth-order valence-electron chi connectivity index (χ4n) is 1.57. The van der Waals surface area contributed by atoms with E-state index in [4.69, 9.17) is 6.42 Å². The molecule has 1 saturated heterocycles. The van der Waals surface area contributed by atoms with E-state index in [1.165, 1.54) is 10.6 Å². The van der Waals surface area contributed by atoms with Gasteiger partial charge in [0.2, 0.25) is 10.0 Å². The molecule has 0 atom stereocenters. The lowest BCUT2D eigenvalue weighted by Gasteiger charge is -2.18. The molecule has 1 rings (SSSR count). The van der Waals surface area contributed by atoms with Gasteiger partial charge in [-0.3, -0.25) is 4.90 Å². The van der Waals surface area contributed by atoms with Crippen molar-refractivity contribution in [1.29, 1.82) is 0 Å². The van der Waals surface area contributed by atoms with E-state index in [2.05, 4.69) is 10.8 Å². The van der Waals surface area contributed by atoms with Crippen LogP contribution in [0.4, 0.5) is 0 Å². The molecule has 80 valence electrons. The van der Waals surface area contributed by atoms with Gasteiger partial charge in [0.25, 0.3) is 0 Å². The number of hydrogen-bond donors (Lipinski definition) is 0. The highest BCUT2D eigenvalue weighted by molar-refractivity contribution is 7.88. The quantitative estimate of drug-likeness (QED) is 0.589. The molecule has 14 heavy (non-hydrogen) atoms. The van der Waals surface area contributed by atoms with Crippen molar-refractivity contribution in [1.82, 2.24) is 9.21 Å². The number of sulfonamides is 1. The predicted octanol–water partition coefficient (Wildman–Crippen LogP) is -0.413. The average Bonchev–Trinajstić information content (AvgIpc) is 2.29. The molecule has 0 spiro atoms. The van der Waals surface area contributed by atoms with Gasteiger partial charge in [-0.2, -0.15) is 0 Å². The molecule has 0 saturated carbocycles. The summed E-state index contributed by atoms with van der Waals surface area (Å²) >= 11 is 0. The second-order valence-corrected chi connectivity index (χ2v) is 5.48. The maximum Gasteiger partial charge on any atom is 0.211 e. The van der Waals surface area contributed by atoms with E-state index in [-0.39, 0.29) is 0 Å². The molecule has 0 N–H and O–H groups in total. The highest BCUT2D eigenvalue weighted by Gasteiger charge is 2.20. The minimum Gasteiger partial charge on any atom is -0.291 e. The van der Waals surface area contributed by atoms with Crippen LogP contribution < -0.4 is 0 Å². The third-order valence-corrected chi connectivity index (χ3v) is 3.63. The van der Waals surface area contributed by atoms with Gasteiger partial charge >= 0.3 is 0 Å². The summed E-state index contributed by atoms with van der Waals surface area (Å²) in [5.74, 6) is 2.58. The Morgan fingerprint density at radius 2 is 2.00 bits per heavy atom. The van der Waals surface area contributed by atoms with Crippen molar-refractivity contribution in [3.8, 4) is 12.3 Å². The normalized spacial score (nSPS) is 21.4. The van der Waals surface area contributed by atoms with Crippen LogP contribution in [0.5, 0.6) is 0 Å². The number of rotatable bonds is 2. The first kappa shape index (κ1) is 11.5. The number of hydrogen-bond acceptors (Lipinski definition) is 3. The summed E-state index contributed by atoms with van der Waals surface area (Å²) in [5.41, 5.74) is 0. The van der Waals surface area contributed by atoms with Crippen molar-refractivity contribution in [2.45, 2.75) is 6.42 Å². The summed E-state index contributed by atoms with van der Waals surface area (Å²) in [7, 11) is -3.03. The Morgan fingerprint density at radius 1 is 1.29 bits per heavy atom. The van der Waals surface area contributed by atoms with Crippen LogP contribution in [-0.2, 0) is 10.0 Å². The minimum absolute atomic E-state index is 0.556. The summed E-state index contributed by atoms with van der Waals surface area (Å²) in [4.78, 5) is 2.10. The van der Waals surface area contributed by atoms with E-state index in [0.717, 1.165) is 19.5 Å². The van der Waals surface area contributed by atoms with E-state index in [1.54, 1.807) is 0 Å². The highest BCUT2D eigenvalue weighted by Crippen LogP contribution is 2.05. The molecule has 0 aliphatic carbocycles. The van der Waals surface area contributed by atoms with Crippen LogP contribution in [0.25, 0.3) is 0 Å². The third-order valence-electron chi connectivity index (χ3n) is 2.33. The van der Waals surface area contributed by atoms with Gasteiger partial charge in [0.1, 0.15) is 0 Å². The van der Waals surface area contributed by atoms with Crippen molar-refractivity contribution < 1.29 is 8.42 Å². The Labute approximate surface area is 85.9 Å². The molecule has 1 aliphatic rings. The summed E-state index contributed by atoms with van der Waals surface area (Å²) in [6, 6.07) is 0. The summed E-state index contributed by atoms with van der Waals surface area (Å²) < 4.78 is 24.1. The number of nitrogens with zero attached hydrogens (tertiary/aromatic N) is 2. The van der Waals surface area contributed by atoms with Crippen LogP contribution in [0.15, 0.2) is 0 Å². The predicted molar refractivity (Wildman–Crippen MR) is 56.3 cm³/mol. The van der Waals surface area contributed by atoms with Crippen LogP contribution in [0.3, 0.4) is 0 Å². The van der Waals surface area contributed by atoms with Crippen molar-refractivity contribution in [3.05, 3.63) is 0 Å². The van der Waals surface area contributed by atoms with E-state index in [1.807, 2.05) is 0 Å². The second-order valence-electron chi connectivity index (χ2n) is 3.50. The molecule has 0 aromatic heterocycles. The molecule has 0 unspecified atom stereocenters. The molecule has 1 fully saturated rings. The van der Waals surface area contributed by atoms with Gasteiger partial charge in [-0.05, 0) is 6.42 Å². The van der Waals surface area contributed by atoms with E-state index >= 15 is 0 Å². The fourth-order valence-corrected chi connectivity index (χ4v) is 2.44. The monoisotopic (exact) mass is 216 g/mol. The average molecular weight is 216 g/mol. The Hall–Kier alpha value is -0.570. The molecule has 5 heteroatoms. The topological polar surface area (TPSA) is 40.6 Å². The van der Waals surface area contributed by atoms with Crippen LogP contribution >= 0.6 is 0 Å². The Balaban J connectivity index is 2.54. The largest absolute Gasteiger partial charge is 0.291 e. The highest BCUT2D eigenvalue weighted by atomic mass is 32.2. The molecule has 4 nitrogen and oxygen atoms in total. The van der Waals surface area contributed by atoms with Gasteiger partial charge in [0, 0.05) is 26.2 Å². The first-order chi connectivity index (χ1) is 6.54. The lowest BCUT2D eigenvalue weighted by Crippen LogP contribution is -2.34. The summed E-state index contributed by atoms with van der Waals surface area (Å²) in [6.45, 7) is 3.39. The van der Waals surface area contributed by atoms with Gasteiger partial charge in [0.15, 0.2) is 0 Å². The lowest BCUT2D eigenvalue weighted by molar-refractivity contribution is 0.321. The second kappa shape index (κ2) is 4.78. The molecular formula is C9H16N2O2S. The first-order valence-corrected chi connectivity index (χ1v) is 6.50. The van der Waals surface area contributed by atoms with Gasteiger partial charge in [-0.25, -0.2) is 12.7 Å². The zero-order valence-electron chi connectivity index (χ0n) is 8.44. The van der Waals surface area contributed by atoms with E-state index < -0.39 is 10.0 Å². The van der Waals surface area contributed by atoms with Crippen LogP contribution in [0, 0.1) is 12.3 Å². The maximum absolute atomic E-state index is 11.3. The molecule has 1 heterocycles. The Bertz CT molecular complexity index is 318. The Kier molecular flexibility index (Phi) is 3.93. The summed E-state index contributed by atoms with van der Waals surface area (Å²) in [5, 5.41) is 0. The van der Waals surface area contributed by atoms with Crippen LogP contribution in [-0.4, -0.2) is 56.6 Å². The van der Waals surface area contributed by atoms with Gasteiger partial charge in [-0.15, -0.1) is 6.42 Å². The summed E-state index contributed by atoms with van der Waals surface area (Å²) in [6.07, 6.45) is 7.32. The lowest BCUT2D eigenvalue weighted by atomic mass is 10.4. The SMILES string of the molecule is C#CCN1CCCN(S(C)(=O)=O)CC1. The third kappa shape index (κ3) is 3.29. The zero-order valence-corrected chi connectivity index (χ0v) is 9.26. The van der Waals surface area contributed by atoms with Gasteiger partial charge < -0.3 is 0 Å². The van der Waals surface area contributed by atoms with E-state index in [0.29, 0.717) is 19.6 Å². The van der Waals surface area contributed by atoms with Crippen LogP contribution in [0.1, 0.15) is 6.42 Å². The maximum atomic E-state index is 11.3. The van der Waals surface area contributed by atoms with Crippen molar-refractivity contribution in [3.63, 3.8) is 0 Å². The van der Waals surface area contributed by atoms with Crippen LogP contribution in [0.2, 0.25) is 0 Å². The smallest absolute Gasteiger partial charge is 0.211 e. The molecule has 0 bridgehead atoms. The molecule has 0 aromatic rings. The molecule has 0 radical (unpaired) electrons. The van der Waals surface area contributed by atoms with Crippen molar-refractivity contribution in [2.24, 2.45) is 0 Å². The minimum atomic E-state index is -3.03. The number of terminal acetylenes is 1.